The van der Waals surface area contributed by atoms with E-state index in [1.165, 1.54) is 12.1 Å². The maximum atomic E-state index is 12.7. The van der Waals surface area contributed by atoms with Crippen LogP contribution in [-0.4, -0.2) is 42.3 Å². The van der Waals surface area contributed by atoms with Crippen molar-refractivity contribution in [2.45, 2.75) is 38.7 Å². The Bertz CT molecular complexity index is 932. The van der Waals surface area contributed by atoms with Crippen LogP contribution in [0.3, 0.4) is 0 Å². The van der Waals surface area contributed by atoms with Gasteiger partial charge in [-0.05, 0) is 35.2 Å². The highest BCUT2D eigenvalue weighted by molar-refractivity contribution is 14.0. The van der Waals surface area contributed by atoms with E-state index >= 15 is 0 Å². The van der Waals surface area contributed by atoms with Gasteiger partial charge in [0.25, 0.3) is 0 Å². The number of nitrogens with one attached hydrogen (secondary N) is 1. The van der Waals surface area contributed by atoms with Crippen molar-refractivity contribution in [3.63, 3.8) is 0 Å². The van der Waals surface area contributed by atoms with Crippen molar-refractivity contribution >= 4 is 35.8 Å². The van der Waals surface area contributed by atoms with Gasteiger partial charge >= 0.3 is 6.18 Å². The van der Waals surface area contributed by atoms with Gasteiger partial charge in [-0.2, -0.15) is 13.2 Å². The van der Waals surface area contributed by atoms with Gasteiger partial charge in [0.1, 0.15) is 0 Å². The van der Waals surface area contributed by atoms with Crippen molar-refractivity contribution in [2.75, 3.05) is 20.6 Å². The van der Waals surface area contributed by atoms with Gasteiger partial charge in [0.2, 0.25) is 5.91 Å². The Morgan fingerprint density at radius 2 is 1.81 bits per heavy atom. The molecule has 0 spiro atoms. The van der Waals surface area contributed by atoms with E-state index in [1.807, 2.05) is 35.0 Å². The molecule has 174 valence electrons. The van der Waals surface area contributed by atoms with Crippen molar-refractivity contribution in [1.82, 2.24) is 15.1 Å². The first kappa shape index (κ1) is 26.0. The van der Waals surface area contributed by atoms with E-state index in [2.05, 4.69) is 16.4 Å². The molecule has 1 amide bonds. The molecule has 0 radical (unpaired) electrons. The molecule has 9 heteroatoms. The molecule has 0 saturated carbocycles. The van der Waals surface area contributed by atoms with E-state index < -0.39 is 11.7 Å². The maximum Gasteiger partial charge on any atom is 0.416 e. The molecule has 1 saturated heterocycles. The van der Waals surface area contributed by atoms with E-state index in [-0.39, 0.29) is 29.9 Å². The average molecular weight is 560 g/mol. The van der Waals surface area contributed by atoms with Gasteiger partial charge in [0.15, 0.2) is 5.96 Å². The number of carbonyl (C=O) groups is 1. The van der Waals surface area contributed by atoms with Crippen molar-refractivity contribution in [3.8, 4) is 0 Å². The second-order valence-electron chi connectivity index (χ2n) is 7.69. The summed E-state index contributed by atoms with van der Waals surface area (Å²) in [4.78, 5) is 19.9. The molecule has 2 aromatic carbocycles. The number of likely N-dealkylation sites (tertiary alicyclic amines) is 1. The summed E-state index contributed by atoms with van der Waals surface area (Å²) in [6.07, 6.45) is -2.79. The summed E-state index contributed by atoms with van der Waals surface area (Å²) < 4.78 is 38.2. The number of guanidine groups is 1. The Kier molecular flexibility index (Phi) is 9.35. The number of rotatable bonds is 6. The molecule has 3 rings (SSSR count). The molecule has 2 aromatic rings. The number of benzene rings is 2. The zero-order chi connectivity index (χ0) is 22.4. The standard InChI is InChI=1S/C23H27F3N4O.HI/c1-27-22(29(2)15-17-8-10-20(11-9-17)23(24,25)26)28-14-18-5-3-6-19(13-18)16-30-12-4-7-21(30)31;/h3,5-6,8-11,13H,4,7,12,14-16H2,1-2H3,(H,27,28);1H. The molecule has 0 atom stereocenters. The molecular weight excluding hydrogens is 532 g/mol. The van der Waals surface area contributed by atoms with Gasteiger partial charge in [0.05, 0.1) is 5.56 Å². The van der Waals surface area contributed by atoms with Gasteiger partial charge in [-0.3, -0.25) is 9.79 Å². The smallest absolute Gasteiger partial charge is 0.352 e. The van der Waals surface area contributed by atoms with Crippen LogP contribution >= 0.6 is 24.0 Å². The summed E-state index contributed by atoms with van der Waals surface area (Å²) in [6.45, 7) is 2.40. The molecule has 0 unspecified atom stereocenters. The van der Waals surface area contributed by atoms with Crippen molar-refractivity contribution < 1.29 is 18.0 Å². The Hall–Kier alpha value is -2.30. The quantitative estimate of drug-likeness (QED) is 0.318. The highest BCUT2D eigenvalue weighted by Gasteiger charge is 2.30. The number of alkyl halides is 3. The summed E-state index contributed by atoms with van der Waals surface area (Å²) in [5.41, 5.74) is 2.25. The van der Waals surface area contributed by atoms with E-state index in [0.717, 1.165) is 41.8 Å². The Labute approximate surface area is 203 Å². The number of hydrogen-bond acceptors (Lipinski definition) is 2. The molecule has 1 N–H and O–H groups in total. The molecule has 32 heavy (non-hydrogen) atoms. The van der Waals surface area contributed by atoms with Crippen LogP contribution in [0.5, 0.6) is 0 Å². The zero-order valence-corrected chi connectivity index (χ0v) is 20.5. The molecule has 5 nitrogen and oxygen atoms in total. The first-order valence-corrected chi connectivity index (χ1v) is 10.2. The van der Waals surface area contributed by atoms with Gasteiger partial charge < -0.3 is 15.1 Å². The molecule has 1 aliphatic rings. The number of amides is 1. The lowest BCUT2D eigenvalue weighted by Crippen LogP contribution is -2.38. The molecule has 1 fully saturated rings. The Morgan fingerprint density at radius 1 is 1.12 bits per heavy atom. The minimum absolute atomic E-state index is 0. The van der Waals surface area contributed by atoms with E-state index in [1.54, 1.807) is 7.05 Å². The van der Waals surface area contributed by atoms with Gasteiger partial charge in [-0.25, -0.2) is 0 Å². The Morgan fingerprint density at radius 3 is 2.41 bits per heavy atom. The number of nitrogens with zero attached hydrogens (tertiary/aromatic N) is 3. The van der Waals surface area contributed by atoms with Crippen LogP contribution in [0.4, 0.5) is 13.2 Å². The molecule has 0 aromatic heterocycles. The summed E-state index contributed by atoms with van der Waals surface area (Å²) in [5.74, 6) is 0.842. The average Bonchev–Trinajstić information content (AvgIpc) is 3.13. The first-order chi connectivity index (χ1) is 14.8. The highest BCUT2D eigenvalue weighted by atomic mass is 127. The second-order valence-corrected chi connectivity index (χ2v) is 7.69. The lowest BCUT2D eigenvalue weighted by molar-refractivity contribution is -0.137. The highest BCUT2D eigenvalue weighted by Crippen LogP contribution is 2.29. The van der Waals surface area contributed by atoms with E-state index in [0.29, 0.717) is 32.0 Å². The first-order valence-electron chi connectivity index (χ1n) is 10.2. The number of aliphatic imine (C=N–C) groups is 1. The van der Waals surface area contributed by atoms with Crippen LogP contribution in [0.15, 0.2) is 53.5 Å². The van der Waals surface area contributed by atoms with Crippen molar-refractivity contribution in [1.29, 1.82) is 0 Å². The van der Waals surface area contributed by atoms with Crippen molar-refractivity contribution in [2.24, 2.45) is 4.99 Å². The largest absolute Gasteiger partial charge is 0.416 e. The van der Waals surface area contributed by atoms with E-state index in [9.17, 15) is 18.0 Å². The van der Waals surface area contributed by atoms with Gasteiger partial charge in [-0.1, -0.05) is 36.4 Å². The molecular formula is C23H28F3IN4O. The minimum Gasteiger partial charge on any atom is -0.352 e. The lowest BCUT2D eigenvalue weighted by Gasteiger charge is -2.23. The third-order valence-electron chi connectivity index (χ3n) is 5.26. The second kappa shape index (κ2) is 11.5. The van der Waals surface area contributed by atoms with Crippen LogP contribution < -0.4 is 5.32 Å². The number of halogens is 4. The van der Waals surface area contributed by atoms with Crippen molar-refractivity contribution in [3.05, 3.63) is 70.8 Å². The van der Waals surface area contributed by atoms with Crippen LogP contribution in [0, 0.1) is 0 Å². The summed E-state index contributed by atoms with van der Waals surface area (Å²) in [5, 5.41) is 3.29. The summed E-state index contributed by atoms with van der Waals surface area (Å²) in [7, 11) is 3.50. The number of hydrogen-bond donors (Lipinski definition) is 1. The lowest BCUT2D eigenvalue weighted by atomic mass is 10.1. The Balaban J connectivity index is 0.00000363. The van der Waals surface area contributed by atoms with Gasteiger partial charge in [-0.15, -0.1) is 24.0 Å². The zero-order valence-electron chi connectivity index (χ0n) is 18.2. The van der Waals surface area contributed by atoms with Crippen LogP contribution in [0.2, 0.25) is 0 Å². The molecule has 0 bridgehead atoms. The molecule has 1 heterocycles. The predicted octanol–water partition coefficient (Wildman–Crippen LogP) is 4.65. The normalized spacial score (nSPS) is 14.3. The molecule has 1 aliphatic heterocycles. The third-order valence-corrected chi connectivity index (χ3v) is 5.26. The maximum absolute atomic E-state index is 12.7. The topological polar surface area (TPSA) is 47.9 Å². The third kappa shape index (κ3) is 7.11. The fourth-order valence-electron chi connectivity index (χ4n) is 3.64. The summed E-state index contributed by atoms with van der Waals surface area (Å²) >= 11 is 0. The fraction of sp³-hybridized carbons (Fsp3) is 0.391. The van der Waals surface area contributed by atoms with E-state index in [4.69, 9.17) is 0 Å². The van der Waals surface area contributed by atoms with Crippen LogP contribution in [0.1, 0.15) is 35.1 Å². The SMILES string of the molecule is CN=C(NCc1cccc(CN2CCCC2=O)c1)N(C)Cc1ccc(C(F)(F)F)cc1.I. The van der Waals surface area contributed by atoms with Gasteiger partial charge in [0, 0.05) is 46.7 Å². The van der Waals surface area contributed by atoms with Crippen LogP contribution in [0.25, 0.3) is 0 Å². The summed E-state index contributed by atoms with van der Waals surface area (Å²) in [6, 6.07) is 13.2. The monoisotopic (exact) mass is 560 g/mol. The predicted molar refractivity (Wildman–Crippen MR) is 130 cm³/mol. The number of carbonyl (C=O) groups excluding carboxylic acids is 1. The minimum atomic E-state index is -4.33. The fourth-order valence-corrected chi connectivity index (χ4v) is 3.64. The molecule has 0 aliphatic carbocycles. The van der Waals surface area contributed by atoms with Crippen LogP contribution in [-0.2, 0) is 30.6 Å².